The van der Waals surface area contributed by atoms with E-state index in [1.54, 1.807) is 22.6 Å². The van der Waals surface area contributed by atoms with Gasteiger partial charge in [0.25, 0.3) is 11.5 Å². The van der Waals surface area contributed by atoms with Gasteiger partial charge >= 0.3 is 0 Å². The molecule has 2 amide bonds. The molecule has 132 valence electrons. The fraction of sp³-hybridized carbons (Fsp3) is 0.222. The minimum absolute atomic E-state index is 0.115. The van der Waals surface area contributed by atoms with Gasteiger partial charge in [-0.2, -0.15) is 4.99 Å². The van der Waals surface area contributed by atoms with Crippen LogP contribution >= 0.6 is 11.3 Å². The largest absolute Gasteiger partial charge is 0.336 e. The number of nitrogens with zero attached hydrogens (tertiary/aromatic N) is 3. The van der Waals surface area contributed by atoms with E-state index in [-0.39, 0.29) is 24.0 Å². The zero-order valence-corrected chi connectivity index (χ0v) is 15.1. The van der Waals surface area contributed by atoms with Crippen LogP contribution in [0.3, 0.4) is 0 Å². The van der Waals surface area contributed by atoms with Gasteiger partial charge in [0.15, 0.2) is 0 Å². The summed E-state index contributed by atoms with van der Waals surface area (Å²) < 4.78 is 2.48. The van der Waals surface area contributed by atoms with Crippen molar-refractivity contribution in [2.24, 2.45) is 4.99 Å². The second kappa shape index (κ2) is 6.06. The molecule has 0 atom stereocenters. The highest BCUT2D eigenvalue weighted by Crippen LogP contribution is 2.31. The van der Waals surface area contributed by atoms with Crippen LogP contribution in [-0.2, 0) is 11.3 Å². The molecule has 0 aliphatic carbocycles. The lowest BCUT2D eigenvalue weighted by Crippen LogP contribution is -2.28. The minimum Gasteiger partial charge on any atom is -0.336 e. The molecule has 1 aliphatic heterocycles. The van der Waals surface area contributed by atoms with E-state index < -0.39 is 5.91 Å². The van der Waals surface area contributed by atoms with Crippen molar-refractivity contribution in [3.8, 4) is 0 Å². The monoisotopic (exact) mass is 368 g/mol. The first-order valence-corrected chi connectivity index (χ1v) is 9.00. The summed E-state index contributed by atoms with van der Waals surface area (Å²) in [5.41, 5.74) is 0.734. The van der Waals surface area contributed by atoms with Crippen molar-refractivity contribution in [3.63, 3.8) is 0 Å². The maximum Gasteiger partial charge on any atom is 0.290 e. The quantitative estimate of drug-likeness (QED) is 0.748. The average molecular weight is 368 g/mol. The molecule has 0 unspecified atom stereocenters. The molecule has 2 aromatic heterocycles. The number of amides is 2. The maximum atomic E-state index is 12.8. The predicted octanol–water partition coefficient (Wildman–Crippen LogP) is 1.79. The summed E-state index contributed by atoms with van der Waals surface area (Å²) >= 11 is 1.25. The van der Waals surface area contributed by atoms with Crippen LogP contribution < -0.4 is 10.9 Å². The second-order valence-electron chi connectivity index (χ2n) is 6.06. The number of hydrogen-bond donors (Lipinski definition) is 1. The topological polar surface area (TPSA) is 83.8 Å². The molecule has 4 rings (SSSR count). The lowest BCUT2D eigenvalue weighted by Gasteiger charge is -2.08. The molecule has 3 heterocycles. The number of carbonyl (C=O) groups excluding carboxylic acids is 2. The summed E-state index contributed by atoms with van der Waals surface area (Å²) in [6, 6.07) is 9.26. The molecule has 1 saturated heterocycles. The number of hydrogen-bond acceptors (Lipinski definition) is 4. The molecule has 0 saturated carbocycles. The van der Waals surface area contributed by atoms with Gasteiger partial charge < -0.3 is 9.47 Å². The summed E-state index contributed by atoms with van der Waals surface area (Å²) in [6.07, 6.45) is 0. The standard InChI is InChI=1S/C18H16N4O3S/c1-3-22-12-7-5-4-6-10(12)15-11(17(22)25)8-13(26-15)16(24)20-18-19-14(23)9-21(18)2/h4-8H,3,9H2,1-2H3,(H,19,20,23,24). The van der Waals surface area contributed by atoms with Gasteiger partial charge in [0.2, 0.25) is 11.9 Å². The summed E-state index contributed by atoms with van der Waals surface area (Å²) in [7, 11) is 1.68. The van der Waals surface area contributed by atoms with Gasteiger partial charge in [-0.15, -0.1) is 11.3 Å². The fourth-order valence-corrected chi connectivity index (χ4v) is 4.21. The first-order chi connectivity index (χ1) is 12.5. The Labute approximate surface area is 152 Å². The van der Waals surface area contributed by atoms with E-state index in [0.717, 1.165) is 15.6 Å². The van der Waals surface area contributed by atoms with Crippen molar-refractivity contribution >= 4 is 50.1 Å². The number of nitrogens with one attached hydrogen (secondary N) is 1. The first-order valence-electron chi connectivity index (χ1n) is 8.18. The molecule has 26 heavy (non-hydrogen) atoms. The van der Waals surface area contributed by atoms with Crippen molar-refractivity contribution in [2.75, 3.05) is 13.6 Å². The zero-order chi connectivity index (χ0) is 18.4. The number of carbonyl (C=O) groups is 2. The smallest absolute Gasteiger partial charge is 0.290 e. The normalized spacial score (nSPS) is 16.0. The molecular weight excluding hydrogens is 352 g/mol. The Kier molecular flexibility index (Phi) is 3.84. The first kappa shape index (κ1) is 16.5. The van der Waals surface area contributed by atoms with E-state index in [0.29, 0.717) is 16.8 Å². The van der Waals surface area contributed by atoms with Crippen LogP contribution in [-0.4, -0.2) is 40.8 Å². The number of guanidine groups is 1. The van der Waals surface area contributed by atoms with Gasteiger partial charge in [0.1, 0.15) is 0 Å². The van der Waals surface area contributed by atoms with Crippen molar-refractivity contribution in [1.29, 1.82) is 0 Å². The number of thiophene rings is 1. The Morgan fingerprint density at radius 1 is 1.27 bits per heavy atom. The molecule has 1 fully saturated rings. The third-order valence-electron chi connectivity index (χ3n) is 4.38. The molecule has 0 spiro atoms. The average Bonchev–Trinajstić information content (AvgIpc) is 3.19. The number of aromatic nitrogens is 1. The Hall–Kier alpha value is -3.00. The fourth-order valence-electron chi connectivity index (χ4n) is 3.14. The highest BCUT2D eigenvalue weighted by Gasteiger charge is 2.23. The SMILES string of the molecule is CCn1c(=O)c2cc(C(=O)N=C3NC(=O)CN3C)sc2c2ccccc21. The third kappa shape index (κ3) is 2.50. The number of benzene rings is 1. The molecule has 3 aromatic rings. The van der Waals surface area contributed by atoms with Gasteiger partial charge in [-0.05, 0) is 19.1 Å². The van der Waals surface area contributed by atoms with E-state index in [2.05, 4.69) is 10.3 Å². The van der Waals surface area contributed by atoms with Crippen molar-refractivity contribution in [1.82, 2.24) is 14.8 Å². The van der Waals surface area contributed by atoms with Crippen LogP contribution in [0.4, 0.5) is 0 Å². The number of likely N-dealkylation sites (N-methyl/N-ethyl adjacent to an activating group) is 1. The molecule has 1 aliphatic rings. The van der Waals surface area contributed by atoms with E-state index in [4.69, 9.17) is 0 Å². The molecule has 8 heteroatoms. The Balaban J connectivity index is 1.88. The lowest BCUT2D eigenvalue weighted by molar-refractivity contribution is -0.118. The Bertz CT molecular complexity index is 1160. The van der Waals surface area contributed by atoms with Crippen LogP contribution in [0.1, 0.15) is 16.6 Å². The van der Waals surface area contributed by atoms with Crippen LogP contribution in [0.15, 0.2) is 40.1 Å². The highest BCUT2D eigenvalue weighted by atomic mass is 32.1. The van der Waals surface area contributed by atoms with Crippen LogP contribution in [0.25, 0.3) is 21.0 Å². The summed E-state index contributed by atoms with van der Waals surface area (Å²) in [5.74, 6) is -0.442. The molecular formula is C18H16N4O3S. The summed E-state index contributed by atoms with van der Waals surface area (Å²) in [6.45, 7) is 2.64. The van der Waals surface area contributed by atoms with Crippen LogP contribution in [0.5, 0.6) is 0 Å². The Morgan fingerprint density at radius 2 is 2.04 bits per heavy atom. The van der Waals surface area contributed by atoms with Crippen LogP contribution in [0.2, 0.25) is 0 Å². The van der Waals surface area contributed by atoms with E-state index >= 15 is 0 Å². The predicted molar refractivity (Wildman–Crippen MR) is 102 cm³/mol. The zero-order valence-electron chi connectivity index (χ0n) is 14.3. The number of rotatable bonds is 2. The van der Waals surface area contributed by atoms with E-state index in [1.807, 2.05) is 31.2 Å². The number of aryl methyl sites for hydroxylation is 1. The minimum atomic E-state index is -0.471. The second-order valence-corrected chi connectivity index (χ2v) is 7.12. The van der Waals surface area contributed by atoms with Gasteiger partial charge in [-0.25, -0.2) is 0 Å². The van der Waals surface area contributed by atoms with E-state index in [9.17, 15) is 14.4 Å². The van der Waals surface area contributed by atoms with Crippen molar-refractivity contribution in [3.05, 3.63) is 45.6 Å². The lowest BCUT2D eigenvalue weighted by atomic mass is 10.1. The number of pyridine rings is 1. The highest BCUT2D eigenvalue weighted by molar-refractivity contribution is 7.21. The van der Waals surface area contributed by atoms with Gasteiger partial charge in [-0.3, -0.25) is 19.7 Å². The molecule has 1 N–H and O–H groups in total. The number of fused-ring (bicyclic) bond motifs is 3. The Morgan fingerprint density at radius 3 is 2.73 bits per heavy atom. The van der Waals surface area contributed by atoms with Gasteiger partial charge in [0, 0.05) is 23.7 Å². The van der Waals surface area contributed by atoms with E-state index in [1.165, 1.54) is 11.3 Å². The van der Waals surface area contributed by atoms with Gasteiger partial charge in [-0.1, -0.05) is 18.2 Å². The van der Waals surface area contributed by atoms with Gasteiger partial charge in [0.05, 0.1) is 22.3 Å². The molecule has 7 nitrogen and oxygen atoms in total. The molecule has 0 bridgehead atoms. The summed E-state index contributed by atoms with van der Waals surface area (Å²) in [5, 5.41) is 4.01. The van der Waals surface area contributed by atoms with Crippen molar-refractivity contribution in [2.45, 2.75) is 13.5 Å². The number of para-hydroxylation sites is 1. The third-order valence-corrected chi connectivity index (χ3v) is 5.53. The summed E-state index contributed by atoms with van der Waals surface area (Å²) in [4.78, 5) is 42.7. The molecule has 1 aromatic carbocycles. The maximum absolute atomic E-state index is 12.8. The molecule has 0 radical (unpaired) electrons. The number of aliphatic imine (C=N–C) groups is 1. The van der Waals surface area contributed by atoms with Crippen molar-refractivity contribution < 1.29 is 9.59 Å². The van der Waals surface area contributed by atoms with Crippen LogP contribution in [0, 0.1) is 0 Å².